The molecule has 2 aliphatic rings. The van der Waals surface area contributed by atoms with Gasteiger partial charge >= 0.3 is 0 Å². The summed E-state index contributed by atoms with van der Waals surface area (Å²) in [6.45, 7) is 11.1. The predicted octanol–water partition coefficient (Wildman–Crippen LogP) is 1.46. The van der Waals surface area contributed by atoms with Crippen LogP contribution in [0.2, 0.25) is 0 Å². The van der Waals surface area contributed by atoms with E-state index in [0.717, 1.165) is 32.2 Å². The Hall–Kier alpha value is -0.160. The van der Waals surface area contributed by atoms with E-state index in [9.17, 15) is 0 Å². The van der Waals surface area contributed by atoms with Gasteiger partial charge in [0.1, 0.15) is 0 Å². The smallest absolute Gasteiger partial charge is 0.0674 e. The van der Waals surface area contributed by atoms with Gasteiger partial charge in [0.2, 0.25) is 0 Å². The van der Waals surface area contributed by atoms with E-state index in [1.54, 1.807) is 0 Å². The number of methoxy groups -OCH3 is 1. The molecule has 0 bridgehead atoms. The molecule has 0 spiro atoms. The Kier molecular flexibility index (Phi) is 6.57. The van der Waals surface area contributed by atoms with Crippen molar-refractivity contribution < 1.29 is 9.47 Å². The van der Waals surface area contributed by atoms with Crippen molar-refractivity contribution in [2.75, 3.05) is 59.6 Å². The Morgan fingerprint density at radius 3 is 2.63 bits per heavy atom. The highest BCUT2D eigenvalue weighted by molar-refractivity contribution is 4.74. The number of hydrogen-bond acceptors (Lipinski definition) is 4. The summed E-state index contributed by atoms with van der Waals surface area (Å²) in [4.78, 5) is 5.18. The molecule has 4 nitrogen and oxygen atoms in total. The lowest BCUT2D eigenvalue weighted by Crippen LogP contribution is -2.45. The third-order valence-electron chi connectivity index (χ3n) is 4.31. The Morgan fingerprint density at radius 1 is 1.11 bits per heavy atom. The zero-order valence-corrected chi connectivity index (χ0v) is 12.6. The maximum Gasteiger partial charge on any atom is 0.0674 e. The van der Waals surface area contributed by atoms with E-state index < -0.39 is 0 Å². The molecule has 2 atom stereocenters. The monoisotopic (exact) mass is 270 g/mol. The van der Waals surface area contributed by atoms with Gasteiger partial charge in [0.15, 0.2) is 0 Å². The van der Waals surface area contributed by atoms with Crippen LogP contribution in [0.15, 0.2) is 0 Å². The maximum absolute atomic E-state index is 5.60. The largest absolute Gasteiger partial charge is 0.384 e. The predicted molar refractivity (Wildman–Crippen MR) is 77.5 cm³/mol. The van der Waals surface area contributed by atoms with Crippen molar-refractivity contribution in [2.45, 2.75) is 32.3 Å². The summed E-state index contributed by atoms with van der Waals surface area (Å²) in [5, 5.41) is 0. The molecule has 2 saturated heterocycles. The van der Waals surface area contributed by atoms with Crippen LogP contribution in [0.5, 0.6) is 0 Å². The standard InChI is InChI=1S/C15H30N2O2/c1-14-11-17(9-10-19-14)8-7-16-6-4-3-5-15(12-16)13-18-2/h14-15H,3-13H2,1-2H3/t14-,15+/m0/s1. The fourth-order valence-corrected chi connectivity index (χ4v) is 3.27. The normalized spacial score (nSPS) is 31.3. The topological polar surface area (TPSA) is 24.9 Å². The number of morpholine rings is 1. The van der Waals surface area contributed by atoms with E-state index in [-0.39, 0.29) is 0 Å². The van der Waals surface area contributed by atoms with E-state index in [2.05, 4.69) is 16.7 Å². The zero-order chi connectivity index (χ0) is 13.5. The van der Waals surface area contributed by atoms with Gasteiger partial charge < -0.3 is 14.4 Å². The highest BCUT2D eigenvalue weighted by Gasteiger charge is 2.20. The lowest BCUT2D eigenvalue weighted by Gasteiger charge is -2.33. The second-order valence-electron chi connectivity index (χ2n) is 6.10. The van der Waals surface area contributed by atoms with E-state index in [4.69, 9.17) is 9.47 Å². The zero-order valence-electron chi connectivity index (χ0n) is 12.6. The van der Waals surface area contributed by atoms with Crippen molar-refractivity contribution >= 4 is 0 Å². The minimum absolute atomic E-state index is 0.402. The van der Waals surface area contributed by atoms with E-state index >= 15 is 0 Å². The summed E-state index contributed by atoms with van der Waals surface area (Å²) in [7, 11) is 1.82. The van der Waals surface area contributed by atoms with Gasteiger partial charge in [0.05, 0.1) is 19.3 Å². The molecule has 112 valence electrons. The van der Waals surface area contributed by atoms with E-state index in [1.807, 2.05) is 7.11 Å². The lowest BCUT2D eigenvalue weighted by atomic mass is 10.0. The first-order valence-corrected chi connectivity index (χ1v) is 7.83. The van der Waals surface area contributed by atoms with Gasteiger partial charge in [0, 0.05) is 39.8 Å². The molecular weight excluding hydrogens is 240 g/mol. The first kappa shape index (κ1) is 15.2. The molecule has 2 fully saturated rings. The van der Waals surface area contributed by atoms with Gasteiger partial charge in [-0.3, -0.25) is 4.90 Å². The molecular formula is C15H30N2O2. The number of nitrogens with zero attached hydrogens (tertiary/aromatic N) is 2. The number of hydrogen-bond donors (Lipinski definition) is 0. The molecule has 0 aromatic carbocycles. The molecule has 2 aliphatic heterocycles. The van der Waals surface area contributed by atoms with Crippen LogP contribution in [0.3, 0.4) is 0 Å². The number of ether oxygens (including phenoxy) is 2. The van der Waals surface area contributed by atoms with Crippen molar-refractivity contribution in [1.29, 1.82) is 0 Å². The highest BCUT2D eigenvalue weighted by Crippen LogP contribution is 2.16. The summed E-state index contributed by atoms with van der Waals surface area (Å²) in [5.41, 5.74) is 0. The van der Waals surface area contributed by atoms with Crippen molar-refractivity contribution in [3.8, 4) is 0 Å². The average molecular weight is 270 g/mol. The minimum atomic E-state index is 0.402. The Balaban J connectivity index is 1.71. The fourth-order valence-electron chi connectivity index (χ4n) is 3.27. The molecule has 4 heteroatoms. The highest BCUT2D eigenvalue weighted by atomic mass is 16.5. The van der Waals surface area contributed by atoms with Crippen LogP contribution in [-0.4, -0.2) is 75.5 Å². The van der Waals surface area contributed by atoms with Crippen molar-refractivity contribution in [2.24, 2.45) is 5.92 Å². The van der Waals surface area contributed by atoms with Crippen LogP contribution < -0.4 is 0 Å². The molecule has 0 aliphatic carbocycles. The molecule has 2 heterocycles. The Labute approximate surface area is 118 Å². The molecule has 19 heavy (non-hydrogen) atoms. The fraction of sp³-hybridized carbons (Fsp3) is 1.00. The lowest BCUT2D eigenvalue weighted by molar-refractivity contribution is -0.0210. The van der Waals surface area contributed by atoms with Gasteiger partial charge in [-0.05, 0) is 32.2 Å². The summed E-state index contributed by atoms with van der Waals surface area (Å²) >= 11 is 0. The quantitative estimate of drug-likeness (QED) is 0.755. The van der Waals surface area contributed by atoms with Gasteiger partial charge in [0.25, 0.3) is 0 Å². The maximum atomic E-state index is 5.60. The van der Waals surface area contributed by atoms with Crippen molar-refractivity contribution in [1.82, 2.24) is 9.80 Å². The Morgan fingerprint density at radius 2 is 1.89 bits per heavy atom. The third kappa shape index (κ3) is 5.38. The van der Waals surface area contributed by atoms with Crippen LogP contribution in [0.25, 0.3) is 0 Å². The first-order chi connectivity index (χ1) is 9.28. The molecule has 0 aromatic rings. The second-order valence-corrected chi connectivity index (χ2v) is 6.10. The van der Waals surface area contributed by atoms with Crippen LogP contribution >= 0.6 is 0 Å². The van der Waals surface area contributed by atoms with Gasteiger partial charge in [-0.1, -0.05) is 6.42 Å². The average Bonchev–Trinajstić information content (AvgIpc) is 2.62. The van der Waals surface area contributed by atoms with Crippen molar-refractivity contribution in [3.05, 3.63) is 0 Å². The van der Waals surface area contributed by atoms with Gasteiger partial charge in [-0.25, -0.2) is 0 Å². The minimum Gasteiger partial charge on any atom is -0.384 e. The van der Waals surface area contributed by atoms with Gasteiger partial charge in [-0.2, -0.15) is 0 Å². The van der Waals surface area contributed by atoms with Crippen LogP contribution in [0, 0.1) is 5.92 Å². The van der Waals surface area contributed by atoms with Crippen LogP contribution in [-0.2, 0) is 9.47 Å². The first-order valence-electron chi connectivity index (χ1n) is 7.83. The van der Waals surface area contributed by atoms with E-state index in [1.165, 1.54) is 45.4 Å². The summed E-state index contributed by atoms with van der Waals surface area (Å²) in [5.74, 6) is 0.733. The Bertz CT molecular complexity index is 250. The van der Waals surface area contributed by atoms with Crippen LogP contribution in [0.4, 0.5) is 0 Å². The second kappa shape index (κ2) is 8.20. The van der Waals surface area contributed by atoms with Gasteiger partial charge in [-0.15, -0.1) is 0 Å². The number of rotatable bonds is 5. The molecule has 0 saturated carbocycles. The van der Waals surface area contributed by atoms with E-state index in [0.29, 0.717) is 6.10 Å². The molecule has 0 unspecified atom stereocenters. The number of likely N-dealkylation sites (tertiary alicyclic amines) is 1. The molecule has 0 aromatic heterocycles. The molecule has 2 rings (SSSR count). The molecule has 0 amide bonds. The summed E-state index contributed by atoms with van der Waals surface area (Å²) < 4.78 is 10.9. The SMILES string of the molecule is COC[C@@H]1CCCCN(CCN2CCO[C@@H](C)C2)C1. The van der Waals surface area contributed by atoms with Crippen molar-refractivity contribution in [3.63, 3.8) is 0 Å². The summed E-state index contributed by atoms with van der Waals surface area (Å²) in [6, 6.07) is 0. The van der Waals surface area contributed by atoms with Crippen LogP contribution in [0.1, 0.15) is 26.2 Å². The molecule has 0 N–H and O–H groups in total. The molecule has 0 radical (unpaired) electrons. The third-order valence-corrected chi connectivity index (χ3v) is 4.31. The summed E-state index contributed by atoms with van der Waals surface area (Å²) in [6.07, 6.45) is 4.44.